The Balaban J connectivity index is 2.06. The first-order valence-corrected chi connectivity index (χ1v) is 9.45. The maximum Gasteiger partial charge on any atom is 0.248 e. The van der Waals surface area contributed by atoms with Crippen molar-refractivity contribution in [2.75, 3.05) is 33.6 Å². The smallest absolute Gasteiger partial charge is 0.248 e. The standard InChI is InChI=1S/C19H22N2O5S/c1-21(2)27(23,24)16-9-7-15(8-10-16)20-19(22)12-6-14-5-11-17(25-3)18(13-14)26-4/h5-13H,1-4H3,(H,20,22). The zero-order chi connectivity index (χ0) is 20.0. The molecule has 0 atom stereocenters. The van der Waals surface area contributed by atoms with Crippen molar-refractivity contribution >= 4 is 27.7 Å². The number of nitrogens with one attached hydrogen (secondary N) is 1. The Morgan fingerprint density at radius 2 is 1.63 bits per heavy atom. The molecule has 0 heterocycles. The summed E-state index contributed by atoms with van der Waals surface area (Å²) in [4.78, 5) is 12.2. The molecule has 1 amide bonds. The van der Waals surface area contributed by atoms with Crippen LogP contribution in [0.1, 0.15) is 5.56 Å². The second kappa shape index (κ2) is 8.70. The van der Waals surface area contributed by atoms with Crippen molar-refractivity contribution in [3.8, 4) is 11.5 Å². The number of carbonyl (C=O) groups is 1. The highest BCUT2D eigenvalue weighted by atomic mass is 32.2. The molecule has 0 radical (unpaired) electrons. The van der Waals surface area contributed by atoms with E-state index in [1.165, 1.54) is 39.4 Å². The predicted molar refractivity (Wildman–Crippen MR) is 105 cm³/mol. The van der Waals surface area contributed by atoms with E-state index < -0.39 is 10.0 Å². The summed E-state index contributed by atoms with van der Waals surface area (Å²) >= 11 is 0. The van der Waals surface area contributed by atoms with E-state index in [1.54, 1.807) is 43.5 Å². The highest BCUT2D eigenvalue weighted by Gasteiger charge is 2.16. The fraction of sp³-hybridized carbons (Fsp3) is 0.211. The zero-order valence-electron chi connectivity index (χ0n) is 15.6. The number of sulfonamides is 1. The van der Waals surface area contributed by atoms with Gasteiger partial charge in [0.25, 0.3) is 0 Å². The second-order valence-electron chi connectivity index (χ2n) is 5.75. The summed E-state index contributed by atoms with van der Waals surface area (Å²) in [5, 5.41) is 2.68. The van der Waals surface area contributed by atoms with E-state index in [9.17, 15) is 13.2 Å². The summed E-state index contributed by atoms with van der Waals surface area (Å²) < 4.78 is 35.6. The molecule has 0 unspecified atom stereocenters. The number of benzene rings is 2. The number of anilines is 1. The lowest BCUT2D eigenvalue weighted by Gasteiger charge is -2.11. The summed E-state index contributed by atoms with van der Waals surface area (Å²) in [5.74, 6) is 0.831. The van der Waals surface area contributed by atoms with E-state index in [1.807, 2.05) is 0 Å². The fourth-order valence-electron chi connectivity index (χ4n) is 2.23. The first-order valence-electron chi connectivity index (χ1n) is 8.01. The third kappa shape index (κ3) is 5.08. The van der Waals surface area contributed by atoms with Gasteiger partial charge in [0, 0.05) is 25.9 Å². The Labute approximate surface area is 159 Å². The van der Waals surface area contributed by atoms with Crippen molar-refractivity contribution in [2.45, 2.75) is 4.90 Å². The van der Waals surface area contributed by atoms with Crippen LogP contribution >= 0.6 is 0 Å². The Kier molecular flexibility index (Phi) is 6.59. The Morgan fingerprint density at radius 3 is 2.19 bits per heavy atom. The number of rotatable bonds is 7. The summed E-state index contributed by atoms with van der Waals surface area (Å²) in [6, 6.07) is 11.3. The molecule has 0 aromatic heterocycles. The average Bonchev–Trinajstić information content (AvgIpc) is 2.66. The maximum absolute atomic E-state index is 12.1. The number of hydrogen-bond acceptors (Lipinski definition) is 5. The molecule has 8 heteroatoms. The summed E-state index contributed by atoms with van der Waals surface area (Å²) in [7, 11) is 2.52. The zero-order valence-corrected chi connectivity index (χ0v) is 16.4. The second-order valence-corrected chi connectivity index (χ2v) is 7.90. The van der Waals surface area contributed by atoms with Gasteiger partial charge in [-0.05, 0) is 48.0 Å². The van der Waals surface area contributed by atoms with Gasteiger partial charge < -0.3 is 14.8 Å². The quantitative estimate of drug-likeness (QED) is 0.735. The van der Waals surface area contributed by atoms with Crippen molar-refractivity contribution in [2.24, 2.45) is 0 Å². The van der Waals surface area contributed by atoms with Crippen LogP contribution in [0.2, 0.25) is 0 Å². The van der Waals surface area contributed by atoms with E-state index in [-0.39, 0.29) is 10.8 Å². The van der Waals surface area contributed by atoms with E-state index in [0.717, 1.165) is 9.87 Å². The van der Waals surface area contributed by atoms with Crippen LogP contribution in [0.25, 0.3) is 6.08 Å². The monoisotopic (exact) mass is 390 g/mol. The molecular formula is C19H22N2O5S. The molecule has 2 aromatic carbocycles. The molecule has 0 saturated carbocycles. The van der Waals surface area contributed by atoms with Gasteiger partial charge in [-0.3, -0.25) is 4.79 Å². The fourth-order valence-corrected chi connectivity index (χ4v) is 3.14. The van der Waals surface area contributed by atoms with Gasteiger partial charge in [0.1, 0.15) is 0 Å². The minimum atomic E-state index is -3.50. The Bertz CT molecular complexity index is 935. The predicted octanol–water partition coefficient (Wildman–Crippen LogP) is 2.61. The van der Waals surface area contributed by atoms with Gasteiger partial charge in [0.2, 0.25) is 15.9 Å². The molecule has 2 aromatic rings. The number of amides is 1. The molecular weight excluding hydrogens is 368 g/mol. The first kappa shape index (κ1) is 20.5. The van der Waals surface area contributed by atoms with E-state index in [4.69, 9.17) is 9.47 Å². The van der Waals surface area contributed by atoms with Gasteiger partial charge in [-0.25, -0.2) is 12.7 Å². The Hall–Kier alpha value is -2.84. The molecule has 144 valence electrons. The largest absolute Gasteiger partial charge is 0.493 e. The first-order chi connectivity index (χ1) is 12.8. The maximum atomic E-state index is 12.1. The molecule has 1 N–H and O–H groups in total. The van der Waals surface area contributed by atoms with Gasteiger partial charge >= 0.3 is 0 Å². The summed E-state index contributed by atoms with van der Waals surface area (Å²) in [5.41, 5.74) is 1.27. The van der Waals surface area contributed by atoms with Crippen molar-refractivity contribution in [3.05, 3.63) is 54.1 Å². The van der Waals surface area contributed by atoms with Crippen LogP contribution in [-0.4, -0.2) is 46.9 Å². The van der Waals surface area contributed by atoms with Gasteiger partial charge in [0.05, 0.1) is 19.1 Å². The van der Waals surface area contributed by atoms with Crippen LogP contribution in [0.4, 0.5) is 5.69 Å². The summed E-state index contributed by atoms with van der Waals surface area (Å²) in [6.07, 6.45) is 3.02. The summed E-state index contributed by atoms with van der Waals surface area (Å²) in [6.45, 7) is 0. The van der Waals surface area contributed by atoms with Crippen molar-refractivity contribution in [1.29, 1.82) is 0 Å². The van der Waals surface area contributed by atoms with Crippen LogP contribution in [-0.2, 0) is 14.8 Å². The number of hydrogen-bond donors (Lipinski definition) is 1. The molecule has 0 bridgehead atoms. The van der Waals surface area contributed by atoms with Crippen molar-refractivity contribution in [3.63, 3.8) is 0 Å². The molecule has 0 fully saturated rings. The normalized spacial score (nSPS) is 11.6. The molecule has 0 aliphatic rings. The number of methoxy groups -OCH3 is 2. The van der Waals surface area contributed by atoms with Gasteiger partial charge in [-0.1, -0.05) is 6.07 Å². The lowest BCUT2D eigenvalue weighted by Crippen LogP contribution is -2.22. The minimum Gasteiger partial charge on any atom is -0.493 e. The lowest BCUT2D eigenvalue weighted by atomic mass is 10.2. The molecule has 0 aliphatic heterocycles. The highest BCUT2D eigenvalue weighted by molar-refractivity contribution is 7.89. The van der Waals surface area contributed by atoms with Crippen LogP contribution in [0, 0.1) is 0 Å². The molecule has 0 aliphatic carbocycles. The third-order valence-corrected chi connectivity index (χ3v) is 5.56. The molecule has 7 nitrogen and oxygen atoms in total. The van der Waals surface area contributed by atoms with Crippen LogP contribution in [0.5, 0.6) is 11.5 Å². The van der Waals surface area contributed by atoms with Crippen LogP contribution in [0.3, 0.4) is 0 Å². The molecule has 0 spiro atoms. The topological polar surface area (TPSA) is 84.9 Å². The number of nitrogens with zero attached hydrogens (tertiary/aromatic N) is 1. The van der Waals surface area contributed by atoms with Crippen LogP contribution < -0.4 is 14.8 Å². The minimum absolute atomic E-state index is 0.159. The molecule has 2 rings (SSSR count). The SMILES string of the molecule is COc1ccc(C=CC(=O)Nc2ccc(S(=O)(=O)N(C)C)cc2)cc1OC. The van der Waals surface area contributed by atoms with E-state index in [2.05, 4.69) is 5.32 Å². The molecule has 27 heavy (non-hydrogen) atoms. The van der Waals surface area contributed by atoms with E-state index >= 15 is 0 Å². The number of carbonyl (C=O) groups excluding carboxylic acids is 1. The Morgan fingerprint density at radius 1 is 1.00 bits per heavy atom. The highest BCUT2D eigenvalue weighted by Crippen LogP contribution is 2.28. The van der Waals surface area contributed by atoms with Crippen molar-refractivity contribution in [1.82, 2.24) is 4.31 Å². The van der Waals surface area contributed by atoms with E-state index in [0.29, 0.717) is 17.2 Å². The average molecular weight is 390 g/mol. The van der Waals surface area contributed by atoms with Crippen LogP contribution in [0.15, 0.2) is 53.4 Å². The number of ether oxygens (including phenoxy) is 2. The molecule has 0 saturated heterocycles. The van der Waals surface area contributed by atoms with Crippen molar-refractivity contribution < 1.29 is 22.7 Å². The van der Waals surface area contributed by atoms with Gasteiger partial charge in [-0.15, -0.1) is 0 Å². The lowest BCUT2D eigenvalue weighted by molar-refractivity contribution is -0.111. The van der Waals surface area contributed by atoms with Gasteiger partial charge in [0.15, 0.2) is 11.5 Å². The third-order valence-electron chi connectivity index (χ3n) is 3.74. The van der Waals surface area contributed by atoms with Gasteiger partial charge in [-0.2, -0.15) is 0 Å².